The predicted octanol–water partition coefficient (Wildman–Crippen LogP) is 0.478. The maximum absolute atomic E-state index is 11.6. The molecule has 23 heavy (non-hydrogen) atoms. The molecule has 0 saturated carbocycles. The smallest absolute Gasteiger partial charge is 0.344 e. The summed E-state index contributed by atoms with van der Waals surface area (Å²) in [7, 11) is 0. The Labute approximate surface area is 135 Å². The number of amides is 2. The summed E-state index contributed by atoms with van der Waals surface area (Å²) in [4.78, 5) is 34.1. The molecule has 0 aliphatic carbocycles. The first-order valence-corrected chi connectivity index (χ1v) is 7.31. The summed E-state index contributed by atoms with van der Waals surface area (Å²) >= 11 is 0. The van der Waals surface area contributed by atoms with Gasteiger partial charge >= 0.3 is 5.97 Å². The standard InChI is InChI=1S/C16H22N2O5/c1-4-17-14(19)8-18-15(20)9-23-16(21)10-22-13-7-11(2)5-6-12(13)3/h5-7H,4,8-10H2,1-3H3,(H,17,19)(H,18,20). The maximum atomic E-state index is 11.6. The van der Waals surface area contributed by atoms with Crippen LogP contribution < -0.4 is 15.4 Å². The first-order chi connectivity index (χ1) is 10.9. The molecule has 0 aromatic heterocycles. The van der Waals surface area contributed by atoms with Crippen LogP contribution in [0.25, 0.3) is 0 Å². The third kappa shape index (κ3) is 7.30. The highest BCUT2D eigenvalue weighted by molar-refractivity contribution is 5.86. The maximum Gasteiger partial charge on any atom is 0.344 e. The largest absolute Gasteiger partial charge is 0.482 e. The number of carbonyl (C=O) groups is 3. The lowest BCUT2D eigenvalue weighted by Crippen LogP contribution is -2.38. The molecule has 1 aromatic carbocycles. The van der Waals surface area contributed by atoms with Crippen molar-refractivity contribution in [2.45, 2.75) is 20.8 Å². The van der Waals surface area contributed by atoms with Crippen molar-refractivity contribution in [3.63, 3.8) is 0 Å². The molecule has 0 unspecified atom stereocenters. The minimum absolute atomic E-state index is 0.150. The average molecular weight is 322 g/mol. The fourth-order valence-electron chi connectivity index (χ4n) is 1.68. The van der Waals surface area contributed by atoms with Crippen molar-refractivity contribution in [2.24, 2.45) is 0 Å². The molecule has 2 N–H and O–H groups in total. The zero-order valence-corrected chi connectivity index (χ0v) is 13.6. The number of hydrogen-bond donors (Lipinski definition) is 2. The summed E-state index contributed by atoms with van der Waals surface area (Å²) in [6.07, 6.45) is 0. The van der Waals surface area contributed by atoms with Crippen LogP contribution in [0.1, 0.15) is 18.1 Å². The van der Waals surface area contributed by atoms with E-state index < -0.39 is 18.5 Å². The zero-order valence-electron chi connectivity index (χ0n) is 13.6. The Bertz CT molecular complexity index is 572. The Morgan fingerprint density at radius 2 is 1.78 bits per heavy atom. The molecule has 0 heterocycles. The molecular formula is C16H22N2O5. The van der Waals surface area contributed by atoms with E-state index >= 15 is 0 Å². The number of carbonyl (C=O) groups excluding carboxylic acids is 3. The number of benzene rings is 1. The van der Waals surface area contributed by atoms with Crippen molar-refractivity contribution in [2.75, 3.05) is 26.3 Å². The topological polar surface area (TPSA) is 93.7 Å². The Morgan fingerprint density at radius 3 is 2.48 bits per heavy atom. The minimum Gasteiger partial charge on any atom is -0.482 e. The van der Waals surface area contributed by atoms with E-state index in [9.17, 15) is 14.4 Å². The van der Waals surface area contributed by atoms with E-state index in [1.165, 1.54) is 0 Å². The molecule has 2 amide bonds. The van der Waals surface area contributed by atoms with Crippen molar-refractivity contribution < 1.29 is 23.9 Å². The monoisotopic (exact) mass is 322 g/mol. The summed E-state index contributed by atoms with van der Waals surface area (Å²) in [5.74, 6) is -0.900. The van der Waals surface area contributed by atoms with Gasteiger partial charge in [-0.15, -0.1) is 0 Å². The van der Waals surface area contributed by atoms with Gasteiger partial charge < -0.3 is 20.1 Å². The highest BCUT2D eigenvalue weighted by Crippen LogP contribution is 2.18. The van der Waals surface area contributed by atoms with Crippen molar-refractivity contribution in [3.8, 4) is 5.75 Å². The lowest BCUT2D eigenvalue weighted by molar-refractivity contribution is -0.150. The van der Waals surface area contributed by atoms with Gasteiger partial charge in [-0.1, -0.05) is 12.1 Å². The third-order valence-electron chi connectivity index (χ3n) is 2.87. The number of esters is 1. The molecule has 0 saturated heterocycles. The number of nitrogens with one attached hydrogen (secondary N) is 2. The van der Waals surface area contributed by atoms with Gasteiger partial charge in [-0.25, -0.2) is 4.79 Å². The van der Waals surface area contributed by atoms with Crippen molar-refractivity contribution in [1.82, 2.24) is 10.6 Å². The molecule has 0 aliphatic rings. The SMILES string of the molecule is CCNC(=O)CNC(=O)COC(=O)COc1cc(C)ccc1C. The normalized spacial score (nSPS) is 9.87. The number of rotatable bonds is 8. The molecule has 7 nitrogen and oxygen atoms in total. The Morgan fingerprint density at radius 1 is 1.04 bits per heavy atom. The number of aryl methyl sites for hydroxylation is 2. The summed E-state index contributed by atoms with van der Waals surface area (Å²) < 4.78 is 10.2. The van der Waals surface area contributed by atoms with Gasteiger partial charge in [0.2, 0.25) is 5.91 Å². The fourth-order valence-corrected chi connectivity index (χ4v) is 1.68. The molecule has 1 aromatic rings. The molecule has 0 atom stereocenters. The Hall–Kier alpha value is -2.57. The van der Waals surface area contributed by atoms with Gasteiger partial charge in [0.1, 0.15) is 5.75 Å². The second kappa shape index (κ2) is 9.45. The number of hydrogen-bond acceptors (Lipinski definition) is 5. The van der Waals surface area contributed by atoms with Gasteiger partial charge in [-0.3, -0.25) is 9.59 Å². The van der Waals surface area contributed by atoms with E-state index in [2.05, 4.69) is 10.6 Å². The first-order valence-electron chi connectivity index (χ1n) is 7.31. The van der Waals surface area contributed by atoms with Crippen LogP contribution in [0.2, 0.25) is 0 Å². The Balaban J connectivity index is 2.27. The van der Waals surface area contributed by atoms with Gasteiger partial charge in [0.15, 0.2) is 13.2 Å². The van der Waals surface area contributed by atoms with Crippen LogP contribution in [0.15, 0.2) is 18.2 Å². The first kappa shape index (κ1) is 18.5. The lowest BCUT2D eigenvalue weighted by atomic mass is 10.1. The van der Waals surface area contributed by atoms with Crippen LogP contribution in [0.5, 0.6) is 5.75 Å². The third-order valence-corrected chi connectivity index (χ3v) is 2.87. The lowest BCUT2D eigenvalue weighted by Gasteiger charge is -2.10. The van der Waals surface area contributed by atoms with Gasteiger partial charge in [0, 0.05) is 6.54 Å². The van der Waals surface area contributed by atoms with Crippen molar-refractivity contribution >= 4 is 17.8 Å². The molecule has 1 rings (SSSR count). The second-order valence-electron chi connectivity index (χ2n) is 4.95. The molecule has 7 heteroatoms. The second-order valence-corrected chi connectivity index (χ2v) is 4.95. The Kier molecular flexibility index (Phi) is 7.59. The summed E-state index contributed by atoms with van der Waals surface area (Å²) in [5.41, 5.74) is 1.92. The minimum atomic E-state index is -0.654. The van der Waals surface area contributed by atoms with Crippen molar-refractivity contribution in [3.05, 3.63) is 29.3 Å². The van der Waals surface area contributed by atoms with E-state index in [1.807, 2.05) is 32.0 Å². The van der Waals surface area contributed by atoms with Crippen LogP contribution in [-0.2, 0) is 19.1 Å². The van der Waals surface area contributed by atoms with Gasteiger partial charge in [-0.2, -0.15) is 0 Å². The predicted molar refractivity (Wildman–Crippen MR) is 84.1 cm³/mol. The van der Waals surface area contributed by atoms with Crippen molar-refractivity contribution in [1.29, 1.82) is 0 Å². The fraction of sp³-hybridized carbons (Fsp3) is 0.438. The van der Waals surface area contributed by atoms with Gasteiger partial charge in [0.25, 0.3) is 5.91 Å². The summed E-state index contributed by atoms with van der Waals surface area (Å²) in [5, 5.41) is 4.88. The molecule has 0 fully saturated rings. The molecule has 0 spiro atoms. The molecular weight excluding hydrogens is 300 g/mol. The summed E-state index contributed by atoms with van der Waals surface area (Å²) in [6.45, 7) is 5.17. The van der Waals surface area contributed by atoms with E-state index in [0.29, 0.717) is 12.3 Å². The van der Waals surface area contributed by atoms with E-state index in [1.54, 1.807) is 6.92 Å². The van der Waals surface area contributed by atoms with Crippen LogP contribution >= 0.6 is 0 Å². The highest BCUT2D eigenvalue weighted by atomic mass is 16.6. The van der Waals surface area contributed by atoms with E-state index in [0.717, 1.165) is 11.1 Å². The van der Waals surface area contributed by atoms with Crippen LogP contribution in [0, 0.1) is 13.8 Å². The van der Waals surface area contributed by atoms with Gasteiger partial charge in [0.05, 0.1) is 6.54 Å². The molecule has 0 bridgehead atoms. The molecule has 0 radical (unpaired) electrons. The average Bonchev–Trinajstić information content (AvgIpc) is 2.52. The van der Waals surface area contributed by atoms with Crippen LogP contribution in [0.4, 0.5) is 0 Å². The number of likely N-dealkylation sites (N-methyl/N-ethyl adjacent to an activating group) is 1. The summed E-state index contributed by atoms with van der Waals surface area (Å²) in [6, 6.07) is 5.66. The van der Waals surface area contributed by atoms with Crippen LogP contribution in [-0.4, -0.2) is 44.1 Å². The molecule has 0 aliphatic heterocycles. The number of ether oxygens (including phenoxy) is 2. The van der Waals surface area contributed by atoms with E-state index in [-0.39, 0.29) is 19.1 Å². The zero-order chi connectivity index (χ0) is 17.2. The quantitative estimate of drug-likeness (QED) is 0.679. The van der Waals surface area contributed by atoms with Gasteiger partial charge in [-0.05, 0) is 38.0 Å². The van der Waals surface area contributed by atoms with Crippen LogP contribution in [0.3, 0.4) is 0 Å². The van der Waals surface area contributed by atoms with E-state index in [4.69, 9.17) is 9.47 Å². The molecule has 126 valence electrons. The highest BCUT2D eigenvalue weighted by Gasteiger charge is 2.10.